The van der Waals surface area contributed by atoms with E-state index in [4.69, 9.17) is 28.8 Å². The molecule has 224 valence electrons. The Hall–Kier alpha value is -0.640. The van der Waals surface area contributed by atoms with Crippen molar-refractivity contribution < 1.29 is 79.9 Å². The molecule has 16 nitrogen and oxygen atoms in total. The predicted molar refractivity (Wildman–Crippen MR) is 120 cm³/mol. The highest BCUT2D eigenvalue weighted by molar-refractivity contribution is 4.98. The fourth-order valence-corrected chi connectivity index (χ4v) is 4.94. The Bertz CT molecular complexity index is 713. The first-order valence-corrected chi connectivity index (χ1v) is 12.4. The number of hydrogen-bond acceptors (Lipinski definition) is 16. The van der Waals surface area contributed by atoms with Crippen LogP contribution in [0, 0.1) is 11.8 Å². The highest BCUT2D eigenvalue weighted by atomic mass is 16.6. The van der Waals surface area contributed by atoms with Crippen LogP contribution >= 0.6 is 0 Å². The lowest BCUT2D eigenvalue weighted by molar-refractivity contribution is -0.282. The molecule has 0 aromatic carbocycles. The predicted octanol–water partition coefficient (Wildman–Crippen LogP) is -6.99. The fourth-order valence-electron chi connectivity index (χ4n) is 4.94. The van der Waals surface area contributed by atoms with Crippen LogP contribution in [0.4, 0.5) is 0 Å². The molecule has 3 aliphatic heterocycles. The molecule has 9 unspecified atom stereocenters. The first-order chi connectivity index (χ1) is 18.0. The zero-order valence-electron chi connectivity index (χ0n) is 20.6. The molecule has 0 amide bonds. The summed E-state index contributed by atoms with van der Waals surface area (Å²) >= 11 is 0. The lowest BCUT2D eigenvalue weighted by Crippen LogP contribution is -2.64. The molecular formula is C22H40O16. The van der Waals surface area contributed by atoms with Gasteiger partial charge >= 0.3 is 0 Å². The summed E-state index contributed by atoms with van der Waals surface area (Å²) in [5.41, 5.74) is -2.02. The maximum absolute atomic E-state index is 10.7. The molecule has 0 aromatic heterocycles. The summed E-state index contributed by atoms with van der Waals surface area (Å²) in [5.74, 6) is -1.88. The van der Waals surface area contributed by atoms with Crippen LogP contribution in [0.2, 0.25) is 0 Å². The van der Waals surface area contributed by atoms with E-state index in [2.05, 4.69) is 0 Å². The first kappa shape index (κ1) is 31.9. The van der Waals surface area contributed by atoms with Crippen molar-refractivity contribution in [2.75, 3.05) is 52.9 Å². The van der Waals surface area contributed by atoms with Gasteiger partial charge in [-0.25, -0.2) is 0 Å². The van der Waals surface area contributed by atoms with E-state index in [9.17, 15) is 51.1 Å². The zero-order chi connectivity index (χ0) is 28.2. The normalized spacial score (nSPS) is 48.2. The minimum absolute atomic E-state index is 0.263. The molecule has 3 rings (SSSR count). The van der Waals surface area contributed by atoms with Gasteiger partial charge in [0.2, 0.25) is 0 Å². The van der Waals surface area contributed by atoms with E-state index in [0.29, 0.717) is 0 Å². The SMILES string of the molecule is OCC1OCC(O)(COC[C@@H]2C(CO)O[C@H](COC[C@@H]3C(CO)O[C@H](O)C(O)C3O)C(O)C2O)C(O)[C@@H]1O. The van der Waals surface area contributed by atoms with Crippen molar-refractivity contribution in [3.63, 3.8) is 0 Å². The van der Waals surface area contributed by atoms with Crippen LogP contribution < -0.4 is 0 Å². The maximum atomic E-state index is 10.7. The van der Waals surface area contributed by atoms with Crippen LogP contribution in [0.5, 0.6) is 0 Å². The second-order valence-corrected chi connectivity index (χ2v) is 10.1. The first-order valence-electron chi connectivity index (χ1n) is 12.4. The standard InChI is InChI=1S/C22H40O16/c23-1-11-10(5-35-7-22(33)8-36-13(3-25)18(29)20(22)31)15(26)17(28)14(37-11)6-34-4-9-12(2-24)38-21(32)19(30)16(9)27/h9-21,23-33H,1-8H2/t9-,10-,11?,12?,13?,14-,15?,16?,17?,18-,19?,20?,21+,22?/m1/s1. The summed E-state index contributed by atoms with van der Waals surface area (Å²) in [6.45, 7) is -3.59. The molecule has 0 bridgehead atoms. The van der Waals surface area contributed by atoms with E-state index in [0.717, 1.165) is 0 Å². The average Bonchev–Trinajstić information content (AvgIpc) is 2.90. The van der Waals surface area contributed by atoms with Crippen LogP contribution in [0.3, 0.4) is 0 Å². The van der Waals surface area contributed by atoms with Gasteiger partial charge in [0.1, 0.15) is 42.2 Å². The van der Waals surface area contributed by atoms with Gasteiger partial charge in [-0.1, -0.05) is 0 Å². The quantitative estimate of drug-likeness (QED) is 0.112. The number of hydrogen-bond donors (Lipinski definition) is 11. The van der Waals surface area contributed by atoms with Gasteiger partial charge in [0.05, 0.1) is 77.3 Å². The Balaban J connectivity index is 1.51. The smallest absolute Gasteiger partial charge is 0.183 e. The summed E-state index contributed by atoms with van der Waals surface area (Å²) in [6.07, 6.45) is -15.3. The highest BCUT2D eigenvalue weighted by Crippen LogP contribution is 2.30. The molecule has 38 heavy (non-hydrogen) atoms. The van der Waals surface area contributed by atoms with E-state index < -0.39 is 118 Å². The van der Waals surface area contributed by atoms with Gasteiger partial charge in [-0.15, -0.1) is 0 Å². The molecule has 0 aromatic rings. The molecule has 3 aliphatic rings. The molecule has 3 fully saturated rings. The molecule has 14 atom stereocenters. The van der Waals surface area contributed by atoms with Crippen LogP contribution in [0.1, 0.15) is 0 Å². The summed E-state index contributed by atoms with van der Waals surface area (Å²) in [5, 5.41) is 110. The minimum Gasteiger partial charge on any atom is -0.394 e. The number of rotatable bonds is 11. The van der Waals surface area contributed by atoms with Crippen molar-refractivity contribution in [3.8, 4) is 0 Å². The van der Waals surface area contributed by atoms with E-state index in [-0.39, 0.29) is 19.8 Å². The van der Waals surface area contributed by atoms with Gasteiger partial charge in [-0.05, 0) is 0 Å². The number of aliphatic hydroxyl groups is 11. The van der Waals surface area contributed by atoms with Gasteiger partial charge in [-0.3, -0.25) is 0 Å². The third kappa shape index (κ3) is 6.80. The van der Waals surface area contributed by atoms with Crippen molar-refractivity contribution in [2.24, 2.45) is 11.8 Å². The van der Waals surface area contributed by atoms with E-state index in [1.54, 1.807) is 0 Å². The van der Waals surface area contributed by atoms with Gasteiger partial charge in [-0.2, -0.15) is 0 Å². The van der Waals surface area contributed by atoms with Crippen molar-refractivity contribution in [2.45, 2.75) is 72.9 Å². The van der Waals surface area contributed by atoms with Crippen LogP contribution in [0.25, 0.3) is 0 Å². The molecule has 0 radical (unpaired) electrons. The summed E-state index contributed by atoms with van der Waals surface area (Å²) < 4.78 is 26.8. The summed E-state index contributed by atoms with van der Waals surface area (Å²) in [6, 6.07) is 0. The average molecular weight is 561 g/mol. The lowest BCUT2D eigenvalue weighted by Gasteiger charge is -2.44. The Morgan fingerprint density at radius 1 is 0.605 bits per heavy atom. The molecule has 0 spiro atoms. The Kier molecular flexibility index (Phi) is 11.6. The van der Waals surface area contributed by atoms with E-state index in [1.807, 2.05) is 0 Å². The highest BCUT2D eigenvalue weighted by Gasteiger charge is 2.50. The van der Waals surface area contributed by atoms with Crippen molar-refractivity contribution in [3.05, 3.63) is 0 Å². The van der Waals surface area contributed by atoms with Crippen LogP contribution in [-0.4, -0.2) is 182 Å². The van der Waals surface area contributed by atoms with Gasteiger partial charge in [0, 0.05) is 11.8 Å². The molecule has 16 heteroatoms. The summed E-state index contributed by atoms with van der Waals surface area (Å²) in [7, 11) is 0. The Morgan fingerprint density at radius 2 is 1.16 bits per heavy atom. The van der Waals surface area contributed by atoms with Gasteiger partial charge in [0.25, 0.3) is 0 Å². The largest absolute Gasteiger partial charge is 0.394 e. The van der Waals surface area contributed by atoms with Crippen molar-refractivity contribution in [1.82, 2.24) is 0 Å². The van der Waals surface area contributed by atoms with E-state index >= 15 is 0 Å². The Labute approximate surface area is 218 Å². The maximum Gasteiger partial charge on any atom is 0.183 e. The third-order valence-corrected chi connectivity index (χ3v) is 7.47. The minimum atomic E-state index is -2.02. The molecule has 0 saturated carbocycles. The van der Waals surface area contributed by atoms with Crippen molar-refractivity contribution in [1.29, 1.82) is 0 Å². The lowest BCUT2D eigenvalue weighted by atomic mass is 9.87. The molecule has 3 saturated heterocycles. The Morgan fingerprint density at radius 3 is 1.76 bits per heavy atom. The second-order valence-electron chi connectivity index (χ2n) is 10.1. The molecular weight excluding hydrogens is 520 g/mol. The van der Waals surface area contributed by atoms with Gasteiger partial charge < -0.3 is 79.9 Å². The van der Waals surface area contributed by atoms with Crippen LogP contribution in [-0.2, 0) is 23.7 Å². The molecule has 11 N–H and O–H groups in total. The third-order valence-electron chi connectivity index (χ3n) is 7.47. The number of ether oxygens (including phenoxy) is 5. The monoisotopic (exact) mass is 560 g/mol. The number of aliphatic hydroxyl groups excluding tert-OH is 10. The molecule has 3 heterocycles. The molecule has 0 aliphatic carbocycles. The van der Waals surface area contributed by atoms with Crippen LogP contribution in [0.15, 0.2) is 0 Å². The second kappa shape index (κ2) is 13.8. The van der Waals surface area contributed by atoms with E-state index in [1.165, 1.54) is 0 Å². The summed E-state index contributed by atoms with van der Waals surface area (Å²) in [4.78, 5) is 0. The zero-order valence-corrected chi connectivity index (χ0v) is 20.6. The van der Waals surface area contributed by atoms with Gasteiger partial charge in [0.15, 0.2) is 6.29 Å². The topological polar surface area (TPSA) is 269 Å². The fraction of sp³-hybridized carbons (Fsp3) is 1.00. The van der Waals surface area contributed by atoms with Crippen molar-refractivity contribution >= 4 is 0 Å².